The standard InChI is InChI=1S/C8H12N4O14S8/c1-9-8(27)11-10-6-2-4-7(5-3-6)12-29(15,16)31(19,20)33(23,24)34(25,26)32(21,22)30(17,18)28(13)14/h2-5,10,12H,1H3,(H,13,14)(H2,9,11,27)/p-1. The maximum atomic E-state index is 12.1. The largest absolute Gasteiger partial charge is 0.759 e. The molecule has 1 aromatic carbocycles. The molecule has 1 atom stereocenters. The van der Waals surface area contributed by atoms with Crippen molar-refractivity contribution in [3.63, 3.8) is 0 Å². The van der Waals surface area contributed by atoms with Crippen molar-refractivity contribution in [1.82, 2.24) is 10.7 Å². The van der Waals surface area contributed by atoms with Gasteiger partial charge in [0.25, 0.3) is 0 Å². The molecule has 18 nitrogen and oxygen atoms in total. The van der Waals surface area contributed by atoms with Gasteiger partial charge >= 0.3 is 48.6 Å². The fourth-order valence-electron chi connectivity index (χ4n) is 1.49. The highest BCUT2D eigenvalue weighted by Crippen LogP contribution is 2.29. The lowest BCUT2D eigenvalue weighted by Gasteiger charge is -2.12. The smallest absolute Gasteiger partial charge is 0.390 e. The summed E-state index contributed by atoms with van der Waals surface area (Å²) in [7, 11) is -46.2. The molecule has 34 heavy (non-hydrogen) atoms. The summed E-state index contributed by atoms with van der Waals surface area (Å²) in [5.74, 6) is 0. The summed E-state index contributed by atoms with van der Waals surface area (Å²) < 4.78 is 164. The SMILES string of the molecule is CNC(=S)NNc1ccc(NS(=O)(=O)S(=O)(=O)S(=O)(=O)S(=O)(=O)S(=O)(=O)S(=O)(=O)S(=O)[O-])cc1. The van der Waals surface area contributed by atoms with Crippen LogP contribution in [0.25, 0.3) is 0 Å². The Kier molecular flexibility index (Phi) is 8.71. The van der Waals surface area contributed by atoms with E-state index < -0.39 is 64.4 Å². The van der Waals surface area contributed by atoms with Crippen LogP contribution in [-0.2, 0) is 58.7 Å². The van der Waals surface area contributed by atoms with E-state index in [9.17, 15) is 59.3 Å². The highest BCUT2D eigenvalue weighted by atomic mass is 34.0. The minimum Gasteiger partial charge on any atom is -0.759 e. The molecule has 0 aliphatic rings. The maximum absolute atomic E-state index is 12.1. The second kappa shape index (κ2) is 9.76. The quantitative estimate of drug-likeness (QED) is 0.0825. The molecule has 1 aromatic rings. The van der Waals surface area contributed by atoms with Crippen molar-refractivity contribution >= 4 is 87.4 Å². The number of rotatable bonds is 10. The summed E-state index contributed by atoms with van der Waals surface area (Å²) in [5, 5.41) is 2.65. The van der Waals surface area contributed by atoms with Gasteiger partial charge < -0.3 is 9.87 Å². The highest BCUT2D eigenvalue weighted by Gasteiger charge is 2.61. The van der Waals surface area contributed by atoms with Crippen molar-refractivity contribution in [2.45, 2.75) is 0 Å². The number of hydrogen-bond acceptors (Lipinski definition) is 16. The summed E-state index contributed by atoms with van der Waals surface area (Å²) in [6.45, 7) is 0. The number of thiocarbonyl (C=S) groups is 1. The van der Waals surface area contributed by atoms with Gasteiger partial charge in [-0.25, -0.2) is 0 Å². The molecule has 0 aromatic heterocycles. The molecule has 1 unspecified atom stereocenters. The van der Waals surface area contributed by atoms with Gasteiger partial charge in [-0.2, -0.15) is 50.5 Å². The van der Waals surface area contributed by atoms with Gasteiger partial charge in [-0.05, 0) is 36.5 Å². The minimum absolute atomic E-state index is 0.125. The van der Waals surface area contributed by atoms with E-state index >= 15 is 0 Å². The molecule has 196 valence electrons. The molecule has 0 spiro atoms. The average molecular weight is 644 g/mol. The van der Waals surface area contributed by atoms with Crippen molar-refractivity contribution in [1.29, 1.82) is 0 Å². The molecule has 0 fully saturated rings. The van der Waals surface area contributed by atoms with E-state index in [1.165, 1.54) is 7.05 Å². The average Bonchev–Trinajstić information content (AvgIpc) is 2.71. The van der Waals surface area contributed by atoms with Gasteiger partial charge in [0.15, 0.2) is 5.11 Å². The van der Waals surface area contributed by atoms with Crippen LogP contribution in [0.4, 0.5) is 11.4 Å². The van der Waals surface area contributed by atoms with Crippen LogP contribution in [0.15, 0.2) is 24.3 Å². The summed E-state index contributed by atoms with van der Waals surface area (Å²) >= 11 is 4.76. The molecular formula is C8H11N4O14S8-. The zero-order chi connectivity index (χ0) is 27.0. The van der Waals surface area contributed by atoms with E-state index in [4.69, 9.17) is 12.2 Å². The summed E-state index contributed by atoms with van der Waals surface area (Å²) in [6.07, 6.45) is 0. The summed E-state index contributed by atoms with van der Waals surface area (Å²) in [5.41, 5.74) is 4.46. The summed E-state index contributed by atoms with van der Waals surface area (Å²) in [6, 6.07) is 3.84. The first kappa shape index (κ1) is 30.4. The monoisotopic (exact) mass is 643 g/mol. The van der Waals surface area contributed by atoms with Crippen molar-refractivity contribution in [2.24, 2.45) is 0 Å². The minimum atomic E-state index is -7.58. The van der Waals surface area contributed by atoms with Crippen LogP contribution < -0.4 is 20.9 Å². The number of nitrogens with one attached hydrogen (secondary N) is 4. The van der Waals surface area contributed by atoms with Gasteiger partial charge in [0.05, 0.1) is 15.8 Å². The number of anilines is 2. The van der Waals surface area contributed by atoms with Crippen LogP contribution in [0.1, 0.15) is 0 Å². The van der Waals surface area contributed by atoms with Crippen LogP contribution in [0, 0.1) is 0 Å². The second-order valence-electron chi connectivity index (χ2n) is 5.21. The van der Waals surface area contributed by atoms with E-state index in [1.54, 1.807) is 0 Å². The highest BCUT2D eigenvalue weighted by molar-refractivity contribution is 9.34. The van der Waals surface area contributed by atoms with E-state index in [2.05, 4.69) is 16.2 Å². The van der Waals surface area contributed by atoms with Gasteiger partial charge in [0.2, 0.25) is 0 Å². The van der Waals surface area contributed by atoms with Crippen LogP contribution in [0.2, 0.25) is 0 Å². The predicted octanol–water partition coefficient (Wildman–Crippen LogP) is -3.71. The lowest BCUT2D eigenvalue weighted by Crippen LogP contribution is -2.39. The Bertz CT molecular complexity index is 1650. The van der Waals surface area contributed by atoms with Gasteiger partial charge in [0, 0.05) is 12.7 Å². The van der Waals surface area contributed by atoms with Crippen LogP contribution in [0.3, 0.4) is 0 Å². The van der Waals surface area contributed by atoms with E-state index in [0.717, 1.165) is 29.0 Å². The normalized spacial score (nSPS) is 14.5. The molecule has 0 aliphatic heterocycles. The number of hydrogen-bond donors (Lipinski definition) is 4. The molecule has 0 amide bonds. The first-order chi connectivity index (χ1) is 15.1. The van der Waals surface area contributed by atoms with Crippen molar-refractivity contribution in [3.8, 4) is 0 Å². The fourth-order valence-corrected chi connectivity index (χ4v) is 33.4. The fraction of sp³-hybridized carbons (Fsp3) is 0.125. The summed E-state index contributed by atoms with van der Waals surface area (Å²) in [4.78, 5) is 0. The zero-order valence-electron chi connectivity index (χ0n) is 15.8. The van der Waals surface area contributed by atoms with E-state index in [1.807, 2.05) is 0 Å². The maximum Gasteiger partial charge on any atom is 0.390 e. The molecule has 0 radical (unpaired) electrons. The number of benzene rings is 1. The molecule has 26 heteroatoms. The second-order valence-corrected chi connectivity index (χ2v) is 29.7. The molecule has 1 rings (SSSR count). The van der Waals surface area contributed by atoms with E-state index in [0.29, 0.717) is 0 Å². The van der Waals surface area contributed by atoms with Crippen LogP contribution in [0.5, 0.6) is 0 Å². The molecule has 0 aliphatic carbocycles. The molecule has 0 heterocycles. The van der Waals surface area contributed by atoms with E-state index in [-0.39, 0.29) is 10.8 Å². The van der Waals surface area contributed by atoms with Gasteiger partial charge in [-0.3, -0.25) is 19.8 Å². The Morgan fingerprint density at radius 3 is 1.59 bits per heavy atom. The van der Waals surface area contributed by atoms with Crippen molar-refractivity contribution in [2.75, 3.05) is 17.2 Å². The third-order valence-corrected chi connectivity index (χ3v) is 34.2. The topological polar surface area (TPSA) is 293 Å². The first-order valence-electron chi connectivity index (χ1n) is 7.31. The Hall–Kier alpha value is -1.68. The van der Waals surface area contributed by atoms with Crippen LogP contribution >= 0.6 is 12.2 Å². The molecular weight excluding hydrogens is 633 g/mol. The van der Waals surface area contributed by atoms with Gasteiger partial charge in [-0.1, -0.05) is 0 Å². The Morgan fingerprint density at radius 1 is 0.765 bits per heavy atom. The molecule has 0 saturated carbocycles. The zero-order valence-corrected chi connectivity index (χ0v) is 22.3. The molecule has 0 bridgehead atoms. The molecule has 0 saturated heterocycles. The first-order valence-corrected chi connectivity index (χ1v) is 20.8. The Balaban J connectivity index is 3.45. The van der Waals surface area contributed by atoms with Crippen LogP contribution in [-0.4, -0.2) is 71.4 Å². The molecule has 4 N–H and O–H groups in total. The van der Waals surface area contributed by atoms with Gasteiger partial charge in [-0.15, -0.1) is 0 Å². The lowest BCUT2D eigenvalue weighted by molar-refractivity contribution is 0.541. The lowest BCUT2D eigenvalue weighted by atomic mass is 10.3. The predicted molar refractivity (Wildman–Crippen MR) is 121 cm³/mol. The van der Waals surface area contributed by atoms with Gasteiger partial charge in [0.1, 0.15) is 0 Å². The van der Waals surface area contributed by atoms with Crippen molar-refractivity contribution < 1.29 is 59.3 Å². The third-order valence-electron chi connectivity index (χ3n) is 3.11. The Labute approximate surface area is 197 Å². The van der Waals surface area contributed by atoms with Crippen molar-refractivity contribution in [3.05, 3.63) is 24.3 Å². The third kappa shape index (κ3) is 5.12. The Morgan fingerprint density at radius 2 is 1.18 bits per heavy atom. The number of hydrazine groups is 1.